The highest BCUT2D eigenvalue weighted by atomic mass is 19.1. The Kier molecular flexibility index (Phi) is 5.43. The summed E-state index contributed by atoms with van der Waals surface area (Å²) in [5.74, 6) is 1.98. The lowest BCUT2D eigenvalue weighted by molar-refractivity contribution is 0.412. The van der Waals surface area contributed by atoms with Gasteiger partial charge in [0.2, 0.25) is 5.88 Å². The van der Waals surface area contributed by atoms with Gasteiger partial charge in [-0.05, 0) is 55.8 Å². The Labute approximate surface area is 174 Å². The number of aryl methyl sites for hydroxylation is 2. The molecule has 0 spiro atoms. The minimum absolute atomic E-state index is 0.315. The molecule has 0 fully saturated rings. The third-order valence-electron chi connectivity index (χ3n) is 4.51. The summed E-state index contributed by atoms with van der Waals surface area (Å²) >= 11 is 0. The van der Waals surface area contributed by atoms with Crippen LogP contribution in [0, 0.1) is 19.7 Å². The standard InChI is InChI=1S/C23H21FN4O2/c1-15-10-23(30-19-7-5-18(24)6-8-19)27-22(26-15)12-17-4-9-20(21(11-17)29-3)28-13-16(2)25-14-28/h4-11,13-14H,12H2,1-3H3. The van der Waals surface area contributed by atoms with Crippen LogP contribution in [0.2, 0.25) is 0 Å². The van der Waals surface area contributed by atoms with Gasteiger partial charge >= 0.3 is 0 Å². The average molecular weight is 404 g/mol. The first-order valence-electron chi connectivity index (χ1n) is 9.46. The third kappa shape index (κ3) is 4.46. The third-order valence-corrected chi connectivity index (χ3v) is 4.51. The molecule has 0 saturated carbocycles. The van der Waals surface area contributed by atoms with Crippen LogP contribution in [0.5, 0.6) is 17.4 Å². The van der Waals surface area contributed by atoms with E-state index in [4.69, 9.17) is 9.47 Å². The van der Waals surface area contributed by atoms with E-state index in [1.54, 1.807) is 31.6 Å². The van der Waals surface area contributed by atoms with Crippen molar-refractivity contribution in [1.82, 2.24) is 19.5 Å². The van der Waals surface area contributed by atoms with Crippen molar-refractivity contribution < 1.29 is 13.9 Å². The van der Waals surface area contributed by atoms with Crippen molar-refractivity contribution in [1.29, 1.82) is 0 Å². The van der Waals surface area contributed by atoms with Crippen LogP contribution in [0.1, 0.15) is 22.8 Å². The van der Waals surface area contributed by atoms with Gasteiger partial charge in [0.05, 0.1) is 24.8 Å². The van der Waals surface area contributed by atoms with Gasteiger partial charge in [-0.2, -0.15) is 4.98 Å². The monoisotopic (exact) mass is 404 g/mol. The lowest BCUT2D eigenvalue weighted by Crippen LogP contribution is -2.02. The fourth-order valence-corrected chi connectivity index (χ4v) is 3.13. The van der Waals surface area contributed by atoms with Gasteiger partial charge in [0, 0.05) is 24.4 Å². The van der Waals surface area contributed by atoms with Crippen LogP contribution in [0.3, 0.4) is 0 Å². The molecule has 152 valence electrons. The highest BCUT2D eigenvalue weighted by Gasteiger charge is 2.10. The molecule has 2 aromatic carbocycles. The fraction of sp³-hybridized carbons (Fsp3) is 0.174. The number of rotatable bonds is 6. The van der Waals surface area contributed by atoms with Gasteiger partial charge in [-0.25, -0.2) is 14.4 Å². The molecule has 0 amide bonds. The van der Waals surface area contributed by atoms with Gasteiger partial charge in [-0.15, -0.1) is 0 Å². The second-order valence-corrected chi connectivity index (χ2v) is 6.93. The van der Waals surface area contributed by atoms with Gasteiger partial charge in [-0.1, -0.05) is 6.07 Å². The summed E-state index contributed by atoms with van der Waals surface area (Å²) in [5, 5.41) is 0. The molecule has 6 nitrogen and oxygen atoms in total. The van der Waals surface area contributed by atoms with Gasteiger partial charge in [0.15, 0.2) is 0 Å². The zero-order valence-electron chi connectivity index (χ0n) is 17.0. The number of benzene rings is 2. The molecular formula is C23H21FN4O2. The predicted octanol–water partition coefficient (Wildman–Crippen LogP) is 4.81. The minimum atomic E-state index is -0.315. The van der Waals surface area contributed by atoms with Crippen molar-refractivity contribution in [2.24, 2.45) is 0 Å². The number of aromatic nitrogens is 4. The molecule has 0 N–H and O–H groups in total. The predicted molar refractivity (Wildman–Crippen MR) is 111 cm³/mol. The molecule has 4 rings (SSSR count). The van der Waals surface area contributed by atoms with E-state index < -0.39 is 0 Å². The lowest BCUT2D eigenvalue weighted by Gasteiger charge is -2.12. The molecule has 0 atom stereocenters. The maximum absolute atomic E-state index is 13.1. The van der Waals surface area contributed by atoms with E-state index in [9.17, 15) is 4.39 Å². The van der Waals surface area contributed by atoms with E-state index in [0.717, 1.165) is 28.4 Å². The number of nitrogens with zero attached hydrogens (tertiary/aromatic N) is 4. The van der Waals surface area contributed by atoms with E-state index in [2.05, 4.69) is 15.0 Å². The van der Waals surface area contributed by atoms with E-state index in [0.29, 0.717) is 23.9 Å². The number of methoxy groups -OCH3 is 1. The Bertz CT molecular complexity index is 1170. The fourth-order valence-electron chi connectivity index (χ4n) is 3.13. The van der Waals surface area contributed by atoms with Crippen molar-refractivity contribution >= 4 is 0 Å². The van der Waals surface area contributed by atoms with Crippen LogP contribution in [-0.4, -0.2) is 26.6 Å². The van der Waals surface area contributed by atoms with E-state index in [1.807, 2.05) is 42.8 Å². The molecule has 2 heterocycles. The summed E-state index contributed by atoms with van der Waals surface area (Å²) in [6.07, 6.45) is 4.22. The molecule has 0 bridgehead atoms. The van der Waals surface area contributed by atoms with Gasteiger partial charge in [0.25, 0.3) is 0 Å². The molecule has 30 heavy (non-hydrogen) atoms. The Hall–Kier alpha value is -3.74. The van der Waals surface area contributed by atoms with Crippen molar-refractivity contribution in [2.45, 2.75) is 20.3 Å². The van der Waals surface area contributed by atoms with Crippen LogP contribution in [-0.2, 0) is 6.42 Å². The first kappa shape index (κ1) is 19.6. The average Bonchev–Trinajstić information content (AvgIpc) is 3.15. The highest BCUT2D eigenvalue weighted by Crippen LogP contribution is 2.26. The first-order valence-corrected chi connectivity index (χ1v) is 9.46. The quantitative estimate of drug-likeness (QED) is 0.462. The lowest BCUT2D eigenvalue weighted by atomic mass is 10.1. The number of hydrogen-bond donors (Lipinski definition) is 0. The normalized spacial score (nSPS) is 10.8. The minimum Gasteiger partial charge on any atom is -0.495 e. The molecule has 0 aliphatic carbocycles. The molecule has 7 heteroatoms. The van der Waals surface area contributed by atoms with Gasteiger partial charge < -0.3 is 14.0 Å². The number of ether oxygens (including phenoxy) is 2. The Morgan fingerprint density at radius 1 is 0.967 bits per heavy atom. The SMILES string of the molecule is COc1cc(Cc2nc(C)cc(Oc3ccc(F)cc3)n2)ccc1-n1cnc(C)c1. The van der Waals surface area contributed by atoms with Crippen LogP contribution in [0.25, 0.3) is 5.69 Å². The molecule has 4 aromatic rings. The van der Waals surface area contributed by atoms with Crippen molar-refractivity contribution in [2.75, 3.05) is 7.11 Å². The van der Waals surface area contributed by atoms with Crippen LogP contribution < -0.4 is 9.47 Å². The van der Waals surface area contributed by atoms with Crippen LogP contribution >= 0.6 is 0 Å². The number of halogens is 1. The number of imidazole rings is 1. The van der Waals surface area contributed by atoms with Gasteiger partial charge in [0.1, 0.15) is 23.1 Å². The number of hydrogen-bond acceptors (Lipinski definition) is 5. The Morgan fingerprint density at radius 3 is 2.47 bits per heavy atom. The van der Waals surface area contributed by atoms with Crippen molar-refractivity contribution in [3.05, 3.63) is 89.6 Å². The molecule has 0 radical (unpaired) electrons. The molecule has 2 aromatic heterocycles. The summed E-state index contributed by atoms with van der Waals surface area (Å²) in [7, 11) is 1.64. The Balaban J connectivity index is 1.57. The maximum Gasteiger partial charge on any atom is 0.222 e. The molecule has 0 unspecified atom stereocenters. The van der Waals surface area contributed by atoms with Gasteiger partial charge in [-0.3, -0.25) is 0 Å². The molecule has 0 saturated heterocycles. The van der Waals surface area contributed by atoms with E-state index in [-0.39, 0.29) is 5.82 Å². The molecule has 0 aliphatic heterocycles. The zero-order chi connectivity index (χ0) is 21.1. The van der Waals surface area contributed by atoms with Crippen LogP contribution in [0.4, 0.5) is 4.39 Å². The topological polar surface area (TPSA) is 62.1 Å². The van der Waals surface area contributed by atoms with Crippen molar-refractivity contribution in [3.63, 3.8) is 0 Å². The zero-order valence-corrected chi connectivity index (χ0v) is 17.0. The smallest absolute Gasteiger partial charge is 0.222 e. The summed E-state index contributed by atoms with van der Waals surface area (Å²) in [6, 6.07) is 13.5. The van der Waals surface area contributed by atoms with Crippen LogP contribution in [0.15, 0.2) is 61.1 Å². The summed E-state index contributed by atoms with van der Waals surface area (Å²) in [5.41, 5.74) is 3.63. The van der Waals surface area contributed by atoms with E-state index >= 15 is 0 Å². The summed E-state index contributed by atoms with van der Waals surface area (Å²) < 4.78 is 26.4. The summed E-state index contributed by atoms with van der Waals surface area (Å²) in [6.45, 7) is 3.83. The largest absolute Gasteiger partial charge is 0.495 e. The highest BCUT2D eigenvalue weighted by molar-refractivity contribution is 5.49. The second-order valence-electron chi connectivity index (χ2n) is 6.93. The maximum atomic E-state index is 13.1. The molecule has 0 aliphatic rings. The summed E-state index contributed by atoms with van der Waals surface area (Å²) in [4.78, 5) is 13.3. The second kappa shape index (κ2) is 8.32. The Morgan fingerprint density at radius 2 is 1.77 bits per heavy atom. The van der Waals surface area contributed by atoms with E-state index in [1.165, 1.54) is 12.1 Å². The van der Waals surface area contributed by atoms with Crippen molar-refractivity contribution in [3.8, 4) is 23.1 Å². The molecular weight excluding hydrogens is 383 g/mol. The first-order chi connectivity index (χ1) is 14.5.